The molecule has 0 aliphatic heterocycles. The first-order valence-electron chi connectivity index (χ1n) is 8.20. The molecule has 0 fully saturated rings. The Balaban J connectivity index is 1.81. The van der Waals surface area contributed by atoms with E-state index < -0.39 is 0 Å². The Bertz CT molecular complexity index is 818. The molecule has 0 saturated heterocycles. The van der Waals surface area contributed by atoms with Crippen molar-refractivity contribution in [2.75, 3.05) is 7.05 Å². The van der Waals surface area contributed by atoms with Crippen molar-refractivity contribution in [3.8, 4) is 0 Å². The van der Waals surface area contributed by atoms with E-state index in [2.05, 4.69) is 24.9 Å². The Morgan fingerprint density at radius 1 is 1.04 bits per heavy atom. The summed E-state index contributed by atoms with van der Waals surface area (Å²) < 4.78 is 1.15. The average molecular weight is 338 g/mol. The van der Waals surface area contributed by atoms with Crippen LogP contribution < -0.4 is 0 Å². The third-order valence-electron chi connectivity index (χ3n) is 4.39. The smallest absolute Gasteiger partial charge is 0.254 e. The summed E-state index contributed by atoms with van der Waals surface area (Å²) in [5.74, 6) is 0.491. The monoisotopic (exact) mass is 338 g/mol. The fourth-order valence-electron chi connectivity index (χ4n) is 2.62. The van der Waals surface area contributed by atoms with Crippen LogP contribution in [-0.2, 0) is 0 Å². The van der Waals surface area contributed by atoms with Crippen LogP contribution in [0.15, 0.2) is 48.5 Å². The van der Waals surface area contributed by atoms with E-state index in [1.807, 2.05) is 56.4 Å². The number of thiazole rings is 1. The molecule has 0 N–H and O–H groups in total. The number of hydrogen-bond acceptors (Lipinski definition) is 3. The summed E-state index contributed by atoms with van der Waals surface area (Å²) in [7, 11) is 1.84. The largest absolute Gasteiger partial charge is 0.333 e. The van der Waals surface area contributed by atoms with Gasteiger partial charge in [-0.05, 0) is 42.7 Å². The number of benzene rings is 2. The molecule has 1 atom stereocenters. The maximum Gasteiger partial charge on any atom is 0.254 e. The molecule has 0 saturated carbocycles. The lowest BCUT2D eigenvalue weighted by Gasteiger charge is -2.23. The maximum absolute atomic E-state index is 12.8. The maximum atomic E-state index is 12.8. The predicted molar refractivity (Wildman–Crippen MR) is 101 cm³/mol. The molecule has 3 rings (SSSR count). The second-order valence-electron chi connectivity index (χ2n) is 6.39. The summed E-state index contributed by atoms with van der Waals surface area (Å²) in [5.41, 5.74) is 2.95. The first kappa shape index (κ1) is 16.7. The van der Waals surface area contributed by atoms with E-state index in [9.17, 15) is 4.79 Å². The lowest BCUT2D eigenvalue weighted by Crippen LogP contribution is -2.29. The van der Waals surface area contributed by atoms with Gasteiger partial charge in [-0.25, -0.2) is 4.98 Å². The van der Waals surface area contributed by atoms with Crippen LogP contribution in [0.4, 0.5) is 0 Å². The molecule has 0 radical (unpaired) electrons. The summed E-state index contributed by atoms with van der Waals surface area (Å²) in [4.78, 5) is 19.2. The van der Waals surface area contributed by atoms with Crippen molar-refractivity contribution in [2.24, 2.45) is 0 Å². The number of rotatable bonds is 4. The number of carbonyl (C=O) groups is 1. The predicted octanol–water partition coefficient (Wildman–Crippen LogP) is 5.25. The number of fused-ring (bicyclic) bond motifs is 1. The van der Waals surface area contributed by atoms with Crippen LogP contribution in [0, 0.1) is 0 Å². The van der Waals surface area contributed by atoms with E-state index in [4.69, 9.17) is 0 Å². The van der Waals surface area contributed by atoms with Crippen molar-refractivity contribution >= 4 is 27.5 Å². The van der Waals surface area contributed by atoms with Crippen molar-refractivity contribution in [3.63, 3.8) is 0 Å². The number of amides is 1. The molecule has 24 heavy (non-hydrogen) atoms. The first-order chi connectivity index (χ1) is 11.5. The molecule has 1 amide bonds. The lowest BCUT2D eigenvalue weighted by atomic mass is 10.0. The fraction of sp³-hybridized carbons (Fsp3) is 0.300. The van der Waals surface area contributed by atoms with Gasteiger partial charge in [0, 0.05) is 12.6 Å². The molecule has 0 aliphatic rings. The molecular weight excluding hydrogens is 316 g/mol. The Morgan fingerprint density at radius 2 is 1.71 bits per heavy atom. The van der Waals surface area contributed by atoms with Crippen molar-refractivity contribution in [2.45, 2.75) is 32.7 Å². The fourth-order valence-corrected chi connectivity index (χ4v) is 3.69. The molecule has 124 valence electrons. The van der Waals surface area contributed by atoms with Crippen molar-refractivity contribution in [3.05, 3.63) is 64.7 Å². The molecule has 0 aliphatic carbocycles. The van der Waals surface area contributed by atoms with Gasteiger partial charge < -0.3 is 4.90 Å². The Hall–Kier alpha value is -2.20. The van der Waals surface area contributed by atoms with Crippen LogP contribution in [0.3, 0.4) is 0 Å². The Labute approximate surface area is 147 Å². The molecule has 2 aromatic carbocycles. The standard InChI is InChI=1S/C20H22N2OS/c1-13(2)15-9-11-16(12-10-15)20(23)22(4)14(3)19-21-17-7-5-6-8-18(17)24-19/h5-14H,1-4H3. The number of aromatic nitrogens is 1. The van der Waals surface area contributed by atoms with Gasteiger partial charge >= 0.3 is 0 Å². The normalized spacial score (nSPS) is 12.5. The topological polar surface area (TPSA) is 33.2 Å². The van der Waals surface area contributed by atoms with Crippen LogP contribution in [0.1, 0.15) is 53.7 Å². The van der Waals surface area contributed by atoms with E-state index >= 15 is 0 Å². The van der Waals surface area contributed by atoms with Gasteiger partial charge in [0.15, 0.2) is 0 Å². The van der Waals surface area contributed by atoms with Gasteiger partial charge in [-0.1, -0.05) is 38.1 Å². The van der Waals surface area contributed by atoms with Gasteiger partial charge in [0.1, 0.15) is 5.01 Å². The van der Waals surface area contributed by atoms with E-state index in [0.29, 0.717) is 5.92 Å². The summed E-state index contributed by atoms with van der Waals surface area (Å²) in [6.45, 7) is 6.33. The molecule has 3 nitrogen and oxygen atoms in total. The van der Waals surface area contributed by atoms with Crippen LogP contribution >= 0.6 is 11.3 Å². The van der Waals surface area contributed by atoms with Gasteiger partial charge in [0.25, 0.3) is 5.91 Å². The zero-order chi connectivity index (χ0) is 17.3. The van der Waals surface area contributed by atoms with Crippen molar-refractivity contribution in [1.82, 2.24) is 9.88 Å². The molecule has 1 unspecified atom stereocenters. The van der Waals surface area contributed by atoms with Gasteiger partial charge in [-0.2, -0.15) is 0 Å². The van der Waals surface area contributed by atoms with Gasteiger partial charge in [0.2, 0.25) is 0 Å². The third-order valence-corrected chi connectivity index (χ3v) is 5.60. The van der Waals surface area contributed by atoms with Crippen LogP contribution in [0.25, 0.3) is 10.2 Å². The average Bonchev–Trinajstić information content (AvgIpc) is 3.04. The highest BCUT2D eigenvalue weighted by atomic mass is 32.1. The van der Waals surface area contributed by atoms with E-state index in [1.54, 1.807) is 16.2 Å². The molecule has 3 aromatic rings. The third kappa shape index (κ3) is 3.20. The highest BCUT2D eigenvalue weighted by Gasteiger charge is 2.21. The molecule has 1 aromatic heterocycles. The highest BCUT2D eigenvalue weighted by Crippen LogP contribution is 2.29. The minimum absolute atomic E-state index is 0.0251. The van der Waals surface area contributed by atoms with Gasteiger partial charge in [0.05, 0.1) is 16.3 Å². The van der Waals surface area contributed by atoms with Crippen molar-refractivity contribution in [1.29, 1.82) is 0 Å². The Morgan fingerprint density at radius 3 is 2.33 bits per heavy atom. The zero-order valence-electron chi connectivity index (χ0n) is 14.5. The number of nitrogens with zero attached hydrogens (tertiary/aromatic N) is 2. The zero-order valence-corrected chi connectivity index (χ0v) is 15.3. The van der Waals surface area contributed by atoms with Crippen LogP contribution in [0.5, 0.6) is 0 Å². The summed E-state index contributed by atoms with van der Waals surface area (Å²) >= 11 is 1.65. The molecule has 0 bridgehead atoms. The second-order valence-corrected chi connectivity index (χ2v) is 7.45. The van der Waals surface area contributed by atoms with Gasteiger partial charge in [-0.3, -0.25) is 4.79 Å². The highest BCUT2D eigenvalue weighted by molar-refractivity contribution is 7.18. The summed E-state index contributed by atoms with van der Waals surface area (Å²) in [5, 5.41) is 0.964. The van der Waals surface area contributed by atoms with E-state index in [0.717, 1.165) is 20.8 Å². The van der Waals surface area contributed by atoms with Gasteiger partial charge in [-0.15, -0.1) is 11.3 Å². The minimum atomic E-state index is -0.0559. The molecule has 1 heterocycles. The molecular formula is C20H22N2OS. The first-order valence-corrected chi connectivity index (χ1v) is 9.01. The molecule has 4 heteroatoms. The lowest BCUT2D eigenvalue weighted by molar-refractivity contribution is 0.0742. The summed E-state index contributed by atoms with van der Waals surface area (Å²) in [6, 6.07) is 15.9. The minimum Gasteiger partial charge on any atom is -0.333 e. The molecule has 0 spiro atoms. The number of carbonyl (C=O) groups excluding carboxylic acids is 1. The number of hydrogen-bond donors (Lipinski definition) is 0. The summed E-state index contributed by atoms with van der Waals surface area (Å²) in [6.07, 6.45) is 0. The SMILES string of the molecule is CC(C)c1ccc(C(=O)N(C)C(C)c2nc3ccccc3s2)cc1. The van der Waals surface area contributed by atoms with Crippen molar-refractivity contribution < 1.29 is 4.79 Å². The van der Waals surface area contributed by atoms with Crippen LogP contribution in [-0.4, -0.2) is 22.8 Å². The van der Waals surface area contributed by atoms with E-state index in [1.165, 1.54) is 5.56 Å². The quantitative estimate of drug-likeness (QED) is 0.650. The number of para-hydroxylation sites is 1. The van der Waals surface area contributed by atoms with E-state index in [-0.39, 0.29) is 11.9 Å². The Kier molecular flexibility index (Phi) is 4.67. The van der Waals surface area contributed by atoms with Crippen LogP contribution in [0.2, 0.25) is 0 Å². The second kappa shape index (κ2) is 6.73.